The van der Waals surface area contributed by atoms with E-state index in [1.807, 2.05) is 29.2 Å². The van der Waals surface area contributed by atoms with Crippen molar-refractivity contribution in [3.63, 3.8) is 0 Å². The van der Waals surface area contributed by atoms with Gasteiger partial charge in [0.2, 0.25) is 0 Å². The van der Waals surface area contributed by atoms with Crippen molar-refractivity contribution in [3.05, 3.63) is 77.9 Å². The molecule has 7 nitrogen and oxygen atoms in total. The number of hydrogen-bond donors (Lipinski definition) is 0. The maximum absolute atomic E-state index is 13.1. The maximum atomic E-state index is 13.1. The van der Waals surface area contributed by atoms with Crippen molar-refractivity contribution < 1.29 is 18.7 Å². The second kappa shape index (κ2) is 9.61. The molecule has 0 bridgehead atoms. The van der Waals surface area contributed by atoms with Gasteiger partial charge in [-0.25, -0.2) is 9.07 Å². The zero-order chi connectivity index (χ0) is 21.6. The van der Waals surface area contributed by atoms with Crippen LogP contribution in [0.5, 0.6) is 11.5 Å². The van der Waals surface area contributed by atoms with Gasteiger partial charge < -0.3 is 14.4 Å². The van der Waals surface area contributed by atoms with Gasteiger partial charge in [-0.3, -0.25) is 9.69 Å². The van der Waals surface area contributed by atoms with E-state index in [1.54, 1.807) is 36.2 Å². The summed E-state index contributed by atoms with van der Waals surface area (Å²) in [5.41, 5.74) is 1.47. The number of hydrogen-bond acceptors (Lipinski definition) is 5. The first-order chi connectivity index (χ1) is 15.1. The summed E-state index contributed by atoms with van der Waals surface area (Å²) in [6.07, 6.45) is 1.74. The number of carbonyl (C=O) groups is 1. The summed E-state index contributed by atoms with van der Waals surface area (Å²) in [5, 5.41) is 4.36. The van der Waals surface area contributed by atoms with Gasteiger partial charge in [-0.1, -0.05) is 12.1 Å². The Kier molecular flexibility index (Phi) is 6.47. The van der Waals surface area contributed by atoms with E-state index in [9.17, 15) is 9.18 Å². The molecular formula is C23H25FN4O3. The Morgan fingerprint density at radius 2 is 1.65 bits per heavy atom. The molecular weight excluding hydrogens is 399 g/mol. The van der Waals surface area contributed by atoms with Crippen LogP contribution in [0.15, 0.2) is 60.8 Å². The molecule has 0 spiro atoms. The summed E-state index contributed by atoms with van der Waals surface area (Å²) in [4.78, 5) is 16.9. The fourth-order valence-electron chi connectivity index (χ4n) is 3.48. The highest BCUT2D eigenvalue weighted by Crippen LogP contribution is 2.17. The van der Waals surface area contributed by atoms with Crippen LogP contribution in [-0.2, 0) is 13.3 Å². The second-order valence-electron chi connectivity index (χ2n) is 7.38. The third kappa shape index (κ3) is 5.40. The van der Waals surface area contributed by atoms with E-state index in [0.717, 1.165) is 30.9 Å². The number of piperazine rings is 1. The summed E-state index contributed by atoms with van der Waals surface area (Å²) >= 11 is 0. The van der Waals surface area contributed by atoms with Crippen LogP contribution in [0, 0.1) is 5.82 Å². The summed E-state index contributed by atoms with van der Waals surface area (Å²) < 4.78 is 25.5. The molecule has 2 heterocycles. The molecule has 8 heteroatoms. The Labute approximate surface area is 180 Å². The highest BCUT2D eigenvalue weighted by molar-refractivity contribution is 5.92. The van der Waals surface area contributed by atoms with Gasteiger partial charge in [0.25, 0.3) is 5.91 Å². The normalized spacial score (nSPS) is 14.5. The molecule has 0 atom stereocenters. The lowest BCUT2D eigenvalue weighted by Gasteiger charge is -2.34. The molecule has 0 saturated carbocycles. The van der Waals surface area contributed by atoms with Gasteiger partial charge in [0.1, 0.15) is 17.3 Å². The Morgan fingerprint density at radius 3 is 2.32 bits per heavy atom. The van der Waals surface area contributed by atoms with Crippen molar-refractivity contribution in [2.45, 2.75) is 13.3 Å². The van der Waals surface area contributed by atoms with Gasteiger partial charge in [0.05, 0.1) is 7.11 Å². The van der Waals surface area contributed by atoms with Gasteiger partial charge in [-0.05, 0) is 48.0 Å². The lowest BCUT2D eigenvalue weighted by atomic mass is 10.2. The molecule has 1 aliphatic rings. The molecule has 1 aromatic heterocycles. The van der Waals surface area contributed by atoms with Gasteiger partial charge in [-0.15, -0.1) is 0 Å². The Balaban J connectivity index is 1.26. The topological polar surface area (TPSA) is 59.8 Å². The molecule has 31 heavy (non-hydrogen) atoms. The van der Waals surface area contributed by atoms with Crippen molar-refractivity contribution in [3.8, 4) is 11.5 Å². The molecule has 0 N–H and O–H groups in total. The van der Waals surface area contributed by atoms with E-state index in [2.05, 4.69) is 10.00 Å². The largest absolute Gasteiger partial charge is 0.497 e. The predicted octanol–water partition coefficient (Wildman–Crippen LogP) is 3.03. The number of aromatic nitrogens is 2. The molecule has 3 aromatic rings. The van der Waals surface area contributed by atoms with E-state index >= 15 is 0 Å². The van der Waals surface area contributed by atoms with Gasteiger partial charge in [0, 0.05) is 38.9 Å². The van der Waals surface area contributed by atoms with Gasteiger partial charge in [-0.2, -0.15) is 5.10 Å². The third-order valence-corrected chi connectivity index (χ3v) is 5.26. The van der Waals surface area contributed by atoms with Crippen LogP contribution >= 0.6 is 0 Å². The molecule has 0 aliphatic carbocycles. The number of halogens is 1. The lowest BCUT2D eigenvalue weighted by Crippen LogP contribution is -2.48. The second-order valence-corrected chi connectivity index (χ2v) is 7.38. The molecule has 1 aliphatic heterocycles. The van der Waals surface area contributed by atoms with Crippen LogP contribution < -0.4 is 9.47 Å². The van der Waals surface area contributed by atoms with Gasteiger partial charge >= 0.3 is 0 Å². The van der Waals surface area contributed by atoms with Crippen molar-refractivity contribution in [2.24, 2.45) is 0 Å². The predicted molar refractivity (Wildman–Crippen MR) is 113 cm³/mol. The van der Waals surface area contributed by atoms with Crippen LogP contribution in [0.2, 0.25) is 0 Å². The van der Waals surface area contributed by atoms with Crippen LogP contribution in [0.25, 0.3) is 0 Å². The van der Waals surface area contributed by atoms with Crippen LogP contribution in [0.1, 0.15) is 16.1 Å². The standard InChI is InChI=1S/C23H25FN4O3/c1-30-20-6-8-21(9-7-20)31-17-28-11-10-22(25-28)23(29)27-14-12-26(13-15-27)16-18-2-4-19(24)5-3-18/h2-11H,12-17H2,1H3. The zero-order valence-electron chi connectivity index (χ0n) is 17.4. The van der Waals surface area contributed by atoms with E-state index in [0.29, 0.717) is 24.5 Å². The molecule has 162 valence electrons. The fraction of sp³-hybridized carbons (Fsp3) is 0.304. The molecule has 4 rings (SSSR count). The van der Waals surface area contributed by atoms with Gasteiger partial charge in [0.15, 0.2) is 12.4 Å². The summed E-state index contributed by atoms with van der Waals surface area (Å²) in [6.45, 7) is 3.77. The number of amides is 1. The molecule has 0 radical (unpaired) electrons. The monoisotopic (exact) mass is 424 g/mol. The molecule has 0 unspecified atom stereocenters. The Bertz CT molecular complexity index is 996. The number of rotatable bonds is 7. The minimum Gasteiger partial charge on any atom is -0.497 e. The minimum absolute atomic E-state index is 0.0790. The smallest absolute Gasteiger partial charge is 0.274 e. The number of nitrogens with zero attached hydrogens (tertiary/aromatic N) is 4. The highest BCUT2D eigenvalue weighted by Gasteiger charge is 2.23. The quantitative estimate of drug-likeness (QED) is 0.584. The lowest BCUT2D eigenvalue weighted by molar-refractivity contribution is 0.0620. The average molecular weight is 424 g/mol. The molecule has 1 saturated heterocycles. The average Bonchev–Trinajstić information content (AvgIpc) is 3.29. The number of ether oxygens (including phenoxy) is 2. The highest BCUT2D eigenvalue weighted by atomic mass is 19.1. The van der Waals surface area contributed by atoms with Crippen molar-refractivity contribution in [2.75, 3.05) is 33.3 Å². The van der Waals surface area contributed by atoms with Crippen molar-refractivity contribution >= 4 is 5.91 Å². The third-order valence-electron chi connectivity index (χ3n) is 5.26. The molecule has 2 aromatic carbocycles. The molecule has 1 amide bonds. The molecule has 1 fully saturated rings. The zero-order valence-corrected chi connectivity index (χ0v) is 17.4. The SMILES string of the molecule is COc1ccc(OCn2ccc(C(=O)N3CCN(Cc4ccc(F)cc4)CC3)n2)cc1. The van der Waals surface area contributed by atoms with Crippen molar-refractivity contribution in [1.29, 1.82) is 0 Å². The van der Waals surface area contributed by atoms with Crippen LogP contribution in [0.4, 0.5) is 4.39 Å². The summed E-state index contributed by atoms with van der Waals surface area (Å²) in [5.74, 6) is 1.15. The van der Waals surface area contributed by atoms with Crippen LogP contribution in [-0.4, -0.2) is 58.8 Å². The van der Waals surface area contributed by atoms with E-state index in [-0.39, 0.29) is 18.5 Å². The first-order valence-corrected chi connectivity index (χ1v) is 10.2. The number of methoxy groups -OCH3 is 1. The van der Waals surface area contributed by atoms with E-state index in [1.165, 1.54) is 12.1 Å². The first kappa shape index (κ1) is 20.9. The van der Waals surface area contributed by atoms with E-state index < -0.39 is 0 Å². The minimum atomic E-state index is -0.229. The van der Waals surface area contributed by atoms with E-state index in [4.69, 9.17) is 9.47 Å². The summed E-state index contributed by atoms with van der Waals surface area (Å²) in [7, 11) is 1.61. The Morgan fingerprint density at radius 1 is 0.968 bits per heavy atom. The first-order valence-electron chi connectivity index (χ1n) is 10.2. The fourth-order valence-corrected chi connectivity index (χ4v) is 3.48. The number of carbonyl (C=O) groups excluding carboxylic acids is 1. The summed E-state index contributed by atoms with van der Waals surface area (Å²) in [6, 6.07) is 15.5. The Hall–Kier alpha value is -3.39. The van der Waals surface area contributed by atoms with Crippen molar-refractivity contribution in [1.82, 2.24) is 19.6 Å². The maximum Gasteiger partial charge on any atom is 0.274 e. The van der Waals surface area contributed by atoms with Crippen LogP contribution in [0.3, 0.4) is 0 Å². The number of benzene rings is 2.